The minimum Gasteiger partial charge on any atom is -0.0622 e. The Morgan fingerprint density at radius 2 is 2.33 bits per heavy atom. The van der Waals surface area contributed by atoms with Crippen molar-refractivity contribution in [3.63, 3.8) is 0 Å². The predicted molar refractivity (Wildman–Crippen MR) is 29.1 cm³/mol. The van der Waals surface area contributed by atoms with Gasteiger partial charge in [-0.1, -0.05) is 27.2 Å². The molecule has 0 aromatic rings. The lowest BCUT2D eigenvalue weighted by molar-refractivity contribution is 0.686. The van der Waals surface area contributed by atoms with E-state index in [4.69, 9.17) is 0 Å². The van der Waals surface area contributed by atoms with Gasteiger partial charge in [0.05, 0.1) is 0 Å². The topological polar surface area (TPSA) is 0 Å². The Morgan fingerprint density at radius 3 is 2.33 bits per heavy atom. The van der Waals surface area contributed by atoms with Gasteiger partial charge in [-0.3, -0.25) is 0 Å². The second kappa shape index (κ2) is 3.20. The molecule has 0 saturated heterocycles. The van der Waals surface area contributed by atoms with Crippen molar-refractivity contribution in [2.75, 3.05) is 0 Å². The van der Waals surface area contributed by atoms with E-state index < -0.39 is 0 Å². The Hall–Kier alpha value is 0. The second-order valence-corrected chi connectivity index (χ2v) is 1.60. The van der Waals surface area contributed by atoms with E-state index >= 15 is 0 Å². The molecule has 6 heavy (non-hydrogen) atoms. The molecule has 0 bridgehead atoms. The van der Waals surface area contributed by atoms with Gasteiger partial charge in [0.2, 0.25) is 0 Å². The average molecular weight is 84.2 g/mol. The quantitative estimate of drug-likeness (QED) is 0.480. The molecule has 0 nitrogen and oxygen atoms in total. The third-order valence-corrected chi connectivity index (χ3v) is 1.02. The minimum atomic E-state index is 0.699. The molecule has 1 atom stereocenters. The van der Waals surface area contributed by atoms with Crippen molar-refractivity contribution in [2.45, 2.75) is 20.3 Å². The summed E-state index contributed by atoms with van der Waals surface area (Å²) in [7, 11) is 0. The third kappa shape index (κ3) is 2.25. The highest BCUT2D eigenvalue weighted by Gasteiger charge is 1.89. The molecule has 1 unspecified atom stereocenters. The summed E-state index contributed by atoms with van der Waals surface area (Å²) >= 11 is 0. The first-order chi connectivity index (χ1) is 2.81. The van der Waals surface area contributed by atoms with Crippen LogP contribution in [0.4, 0.5) is 0 Å². The van der Waals surface area contributed by atoms with E-state index in [2.05, 4.69) is 27.2 Å². The zero-order chi connectivity index (χ0) is 4.99. The van der Waals surface area contributed by atoms with Crippen LogP contribution in [0, 0.1) is 19.3 Å². The summed E-state index contributed by atoms with van der Waals surface area (Å²) < 4.78 is 0. The first-order valence-electron chi connectivity index (χ1n) is 2.40. The van der Waals surface area contributed by atoms with E-state index in [0.717, 1.165) is 6.42 Å². The Kier molecular flexibility index (Phi) is 3.20. The van der Waals surface area contributed by atoms with E-state index in [1.54, 1.807) is 0 Å². The lowest BCUT2D eigenvalue weighted by Crippen LogP contribution is -1.86. The van der Waals surface area contributed by atoms with Crippen LogP contribution in [0.2, 0.25) is 0 Å². The molecule has 2 radical (unpaired) electrons. The molecule has 0 aliphatic rings. The van der Waals surface area contributed by atoms with Crippen molar-refractivity contribution in [1.29, 1.82) is 0 Å². The van der Waals surface area contributed by atoms with Gasteiger partial charge in [-0.2, -0.15) is 0 Å². The fraction of sp³-hybridized carbons (Fsp3) is 0.667. The zero-order valence-electron chi connectivity index (χ0n) is 4.57. The predicted octanol–water partition coefficient (Wildman–Crippen LogP) is 2.07. The Morgan fingerprint density at radius 1 is 1.83 bits per heavy atom. The molecular formula is C6H12. The van der Waals surface area contributed by atoms with Crippen LogP contribution >= 0.6 is 0 Å². The molecule has 0 N–H and O–H groups in total. The SMILES string of the molecule is [CH2]CC(C)[CH]C. The molecule has 0 heteroatoms. The van der Waals surface area contributed by atoms with Crippen LogP contribution in [-0.2, 0) is 0 Å². The van der Waals surface area contributed by atoms with E-state index in [9.17, 15) is 0 Å². The maximum absolute atomic E-state index is 3.73. The van der Waals surface area contributed by atoms with Gasteiger partial charge >= 0.3 is 0 Å². The van der Waals surface area contributed by atoms with Crippen LogP contribution < -0.4 is 0 Å². The van der Waals surface area contributed by atoms with Crippen LogP contribution in [0.3, 0.4) is 0 Å². The molecule has 36 valence electrons. The lowest BCUT2D eigenvalue weighted by atomic mass is 10.1. The average Bonchev–Trinajstić information content (AvgIpc) is 1.65. The molecule has 0 aromatic heterocycles. The van der Waals surface area contributed by atoms with Gasteiger partial charge in [0.25, 0.3) is 0 Å². The maximum atomic E-state index is 3.73. The van der Waals surface area contributed by atoms with Gasteiger partial charge in [-0.15, -0.1) is 0 Å². The van der Waals surface area contributed by atoms with Gasteiger partial charge in [0.15, 0.2) is 0 Å². The summed E-state index contributed by atoms with van der Waals surface area (Å²) in [4.78, 5) is 0. The summed E-state index contributed by atoms with van der Waals surface area (Å²) in [5, 5.41) is 0. The largest absolute Gasteiger partial charge is 0.0622 e. The van der Waals surface area contributed by atoms with Crippen molar-refractivity contribution in [1.82, 2.24) is 0 Å². The van der Waals surface area contributed by atoms with Crippen LogP contribution in [0.15, 0.2) is 0 Å². The van der Waals surface area contributed by atoms with Crippen LogP contribution in [-0.4, -0.2) is 0 Å². The molecule has 0 heterocycles. The Balaban J connectivity index is 2.75. The summed E-state index contributed by atoms with van der Waals surface area (Å²) in [6.07, 6.45) is 3.18. The standard InChI is InChI=1S/C6H12/c1-4-6(3)5-2/h5-6H,1,4H2,2-3H3. The van der Waals surface area contributed by atoms with Crippen molar-refractivity contribution in [2.24, 2.45) is 5.92 Å². The van der Waals surface area contributed by atoms with E-state index in [-0.39, 0.29) is 0 Å². The Bertz CT molecular complexity index is 19.2. The van der Waals surface area contributed by atoms with Crippen molar-refractivity contribution >= 4 is 0 Å². The zero-order valence-corrected chi connectivity index (χ0v) is 4.57. The van der Waals surface area contributed by atoms with Crippen molar-refractivity contribution in [3.8, 4) is 0 Å². The van der Waals surface area contributed by atoms with Crippen molar-refractivity contribution in [3.05, 3.63) is 13.3 Å². The monoisotopic (exact) mass is 84.1 g/mol. The minimum absolute atomic E-state index is 0.699. The third-order valence-electron chi connectivity index (χ3n) is 1.02. The molecule has 0 amide bonds. The molecule has 0 fully saturated rings. The summed E-state index contributed by atoms with van der Waals surface area (Å²) in [6, 6.07) is 0. The molecule has 0 aliphatic heterocycles. The van der Waals surface area contributed by atoms with Crippen LogP contribution in [0.5, 0.6) is 0 Å². The van der Waals surface area contributed by atoms with E-state index in [1.165, 1.54) is 0 Å². The molecular weight excluding hydrogens is 72.1 g/mol. The summed E-state index contributed by atoms with van der Waals surface area (Å²) in [5.74, 6) is 0.699. The fourth-order valence-corrected chi connectivity index (χ4v) is 0.167. The van der Waals surface area contributed by atoms with Gasteiger partial charge < -0.3 is 0 Å². The second-order valence-electron chi connectivity index (χ2n) is 1.60. The van der Waals surface area contributed by atoms with Crippen molar-refractivity contribution < 1.29 is 0 Å². The first-order valence-corrected chi connectivity index (χ1v) is 2.40. The highest BCUT2D eigenvalue weighted by molar-refractivity contribution is 4.65. The first kappa shape index (κ1) is 6.00. The number of rotatable bonds is 2. The van der Waals surface area contributed by atoms with Gasteiger partial charge in [0, 0.05) is 0 Å². The highest BCUT2D eigenvalue weighted by atomic mass is 13.9. The number of hydrogen-bond donors (Lipinski definition) is 0. The molecule has 0 rings (SSSR count). The molecule has 0 spiro atoms. The highest BCUT2D eigenvalue weighted by Crippen LogP contribution is 2.01. The van der Waals surface area contributed by atoms with Gasteiger partial charge in [0.1, 0.15) is 0 Å². The fourth-order valence-electron chi connectivity index (χ4n) is 0.167. The summed E-state index contributed by atoms with van der Waals surface area (Å²) in [6.45, 7) is 7.95. The maximum Gasteiger partial charge on any atom is -0.0389 e. The smallest absolute Gasteiger partial charge is 0.0389 e. The normalized spacial score (nSPS) is 10.0. The van der Waals surface area contributed by atoms with Crippen LogP contribution in [0.1, 0.15) is 20.3 Å². The van der Waals surface area contributed by atoms with Gasteiger partial charge in [-0.05, 0) is 12.3 Å². The van der Waals surface area contributed by atoms with E-state index in [0.29, 0.717) is 5.92 Å². The van der Waals surface area contributed by atoms with Gasteiger partial charge in [-0.25, -0.2) is 0 Å². The van der Waals surface area contributed by atoms with Crippen LogP contribution in [0.25, 0.3) is 0 Å². The molecule has 0 saturated carbocycles. The number of hydrogen-bond acceptors (Lipinski definition) is 0. The summed E-state index contributed by atoms with van der Waals surface area (Å²) in [5.41, 5.74) is 0. The molecule has 0 aromatic carbocycles. The Labute approximate surface area is 40.6 Å². The lowest BCUT2D eigenvalue weighted by Gasteiger charge is -1.98. The van der Waals surface area contributed by atoms with E-state index in [1.807, 2.05) is 0 Å². The molecule has 0 aliphatic carbocycles.